The number of nitrogens with zero attached hydrogens (tertiary/aromatic N) is 4. The van der Waals surface area contributed by atoms with Crippen LogP contribution in [0.15, 0.2) is 60.9 Å². The number of carbonyl (C=O) groups is 3. The fourth-order valence-electron chi connectivity index (χ4n) is 7.19. The molecule has 6 rings (SSSR count). The van der Waals surface area contributed by atoms with Crippen molar-refractivity contribution >= 4 is 17.9 Å². The van der Waals surface area contributed by atoms with Crippen LogP contribution < -0.4 is 5.32 Å². The molecule has 0 saturated carbocycles. The van der Waals surface area contributed by atoms with Crippen molar-refractivity contribution in [3.05, 3.63) is 83.8 Å². The number of benzene rings is 2. The lowest BCUT2D eigenvalue weighted by Gasteiger charge is -2.29. The molecule has 2 aromatic heterocycles. The van der Waals surface area contributed by atoms with E-state index in [2.05, 4.69) is 82.9 Å². The number of aromatic amines is 2. The van der Waals surface area contributed by atoms with E-state index >= 15 is 0 Å². The van der Waals surface area contributed by atoms with Gasteiger partial charge >= 0.3 is 6.09 Å². The number of nitrogens with one attached hydrogen (secondary N) is 3. The van der Waals surface area contributed by atoms with Crippen LogP contribution in [0.1, 0.15) is 102 Å². The van der Waals surface area contributed by atoms with Gasteiger partial charge in [-0.1, -0.05) is 76.9 Å². The number of ether oxygens (including phenoxy) is 1. The number of likely N-dealkylation sites (tertiary alicyclic amines) is 2. The fourth-order valence-corrected chi connectivity index (χ4v) is 7.19. The second-order valence-corrected chi connectivity index (χ2v) is 15.5. The Morgan fingerprint density at radius 1 is 0.889 bits per heavy atom. The molecule has 4 aromatic rings. The number of alkyl carbamates (subject to hydrolysis) is 1. The number of hydrogen-bond donors (Lipinski definition) is 3. The highest BCUT2D eigenvalue weighted by atomic mass is 16.5. The maximum absolute atomic E-state index is 13.5. The molecule has 2 aromatic carbocycles. The lowest BCUT2D eigenvalue weighted by molar-refractivity contribution is -0.135. The van der Waals surface area contributed by atoms with Gasteiger partial charge in [-0.15, -0.1) is 0 Å². The van der Waals surface area contributed by atoms with Crippen molar-refractivity contribution in [2.24, 2.45) is 11.3 Å². The summed E-state index contributed by atoms with van der Waals surface area (Å²) in [6.07, 6.45) is 6.81. The molecule has 0 spiro atoms. The summed E-state index contributed by atoms with van der Waals surface area (Å²) < 4.78 is 4.74. The first kappa shape index (κ1) is 37.9. The molecule has 2 aliphatic heterocycles. The highest BCUT2D eigenvalue weighted by molar-refractivity contribution is 5.86. The van der Waals surface area contributed by atoms with E-state index in [1.807, 2.05) is 55.3 Å². The van der Waals surface area contributed by atoms with Crippen LogP contribution in [0.4, 0.5) is 4.79 Å². The molecule has 11 nitrogen and oxygen atoms in total. The number of aromatic nitrogens is 4. The number of methoxy groups -OCH3 is 1. The summed E-state index contributed by atoms with van der Waals surface area (Å²) in [5.41, 5.74) is 5.21. The monoisotopic (exact) mass is 727 g/mol. The Hall–Kier alpha value is -5.81. The predicted molar refractivity (Wildman–Crippen MR) is 207 cm³/mol. The molecule has 0 unspecified atom stereocenters. The van der Waals surface area contributed by atoms with Crippen molar-refractivity contribution in [2.45, 2.75) is 84.8 Å². The molecule has 3 amide bonds. The molecule has 2 fully saturated rings. The Morgan fingerprint density at radius 3 is 2.26 bits per heavy atom. The third-order valence-electron chi connectivity index (χ3n) is 9.88. The van der Waals surface area contributed by atoms with Crippen molar-refractivity contribution in [3.63, 3.8) is 0 Å². The van der Waals surface area contributed by atoms with Crippen molar-refractivity contribution < 1.29 is 19.1 Å². The van der Waals surface area contributed by atoms with Crippen molar-refractivity contribution in [1.29, 1.82) is 0 Å². The molecule has 3 N–H and O–H groups in total. The number of amides is 3. The first-order valence-electron chi connectivity index (χ1n) is 18.7. The summed E-state index contributed by atoms with van der Waals surface area (Å²) in [5.74, 6) is 13.7. The van der Waals surface area contributed by atoms with Crippen molar-refractivity contribution in [1.82, 2.24) is 35.1 Å². The van der Waals surface area contributed by atoms with E-state index in [0.717, 1.165) is 66.0 Å². The summed E-state index contributed by atoms with van der Waals surface area (Å²) in [7, 11) is 1.28. The Kier molecular flexibility index (Phi) is 11.6. The van der Waals surface area contributed by atoms with Gasteiger partial charge in [0.15, 0.2) is 0 Å². The van der Waals surface area contributed by atoms with Gasteiger partial charge in [-0.2, -0.15) is 0 Å². The normalized spacial score (nSPS) is 17.4. The van der Waals surface area contributed by atoms with Crippen LogP contribution >= 0.6 is 0 Å². The molecule has 2 aliphatic rings. The zero-order valence-corrected chi connectivity index (χ0v) is 32.0. The highest BCUT2D eigenvalue weighted by Gasteiger charge is 2.37. The van der Waals surface area contributed by atoms with Crippen molar-refractivity contribution in [2.75, 3.05) is 20.2 Å². The summed E-state index contributed by atoms with van der Waals surface area (Å²) in [6.45, 7) is 11.4. The van der Waals surface area contributed by atoms with E-state index in [-0.39, 0.29) is 35.2 Å². The zero-order valence-electron chi connectivity index (χ0n) is 32.0. The summed E-state index contributed by atoms with van der Waals surface area (Å²) in [6, 6.07) is 15.3. The van der Waals surface area contributed by atoms with Gasteiger partial charge in [0, 0.05) is 30.6 Å². The molecule has 0 radical (unpaired) electrons. The minimum atomic E-state index is -0.701. The Labute approximate surface area is 317 Å². The SMILES string of the molecule is COC(=O)N[C@H](C(=O)N1CCC[C@H]1c1ncc(C#CC#Cc2ccc(-c3cnc([C@@H]4CCCN4C(=O)CC(C)(C)C)[nH]3)cc2-c2ccccc2)[nH]1)C(C)C. The Morgan fingerprint density at radius 2 is 1.56 bits per heavy atom. The van der Waals surface area contributed by atoms with Gasteiger partial charge in [0.25, 0.3) is 0 Å². The third kappa shape index (κ3) is 8.86. The number of hydrogen-bond acceptors (Lipinski definition) is 6. The van der Waals surface area contributed by atoms with Crippen LogP contribution in [-0.2, 0) is 14.3 Å². The second kappa shape index (κ2) is 16.5. The molecular weight excluding hydrogens is 679 g/mol. The number of imidazole rings is 2. The van der Waals surface area contributed by atoms with Crippen LogP contribution in [0.3, 0.4) is 0 Å². The van der Waals surface area contributed by atoms with Gasteiger partial charge in [0.2, 0.25) is 11.8 Å². The summed E-state index contributed by atoms with van der Waals surface area (Å²) >= 11 is 0. The van der Waals surface area contributed by atoms with E-state index in [9.17, 15) is 14.4 Å². The largest absolute Gasteiger partial charge is 0.453 e. The predicted octanol–water partition coefficient (Wildman–Crippen LogP) is 7.01. The minimum absolute atomic E-state index is 0.0518. The first-order valence-corrected chi connectivity index (χ1v) is 18.7. The quantitative estimate of drug-likeness (QED) is 0.167. The fraction of sp³-hybridized carbons (Fsp3) is 0.419. The summed E-state index contributed by atoms with van der Waals surface area (Å²) in [5, 5.41) is 2.68. The van der Waals surface area contributed by atoms with Gasteiger partial charge < -0.3 is 29.8 Å². The number of rotatable bonds is 8. The van der Waals surface area contributed by atoms with E-state index < -0.39 is 12.1 Å². The van der Waals surface area contributed by atoms with E-state index in [1.54, 1.807) is 11.1 Å². The Bertz CT molecular complexity index is 2100. The van der Waals surface area contributed by atoms with Crippen LogP contribution in [0.25, 0.3) is 22.4 Å². The molecule has 0 aliphatic carbocycles. The first-order chi connectivity index (χ1) is 25.9. The van der Waals surface area contributed by atoms with Crippen LogP contribution in [0.5, 0.6) is 0 Å². The molecule has 3 atom stereocenters. The van der Waals surface area contributed by atoms with Crippen LogP contribution in [0.2, 0.25) is 0 Å². The Balaban J connectivity index is 1.19. The summed E-state index contributed by atoms with van der Waals surface area (Å²) in [4.78, 5) is 58.4. The third-order valence-corrected chi connectivity index (χ3v) is 9.88. The highest BCUT2D eigenvalue weighted by Crippen LogP contribution is 2.35. The van der Waals surface area contributed by atoms with E-state index in [0.29, 0.717) is 24.5 Å². The smallest absolute Gasteiger partial charge is 0.407 e. The van der Waals surface area contributed by atoms with Gasteiger partial charge in [-0.05, 0) is 78.0 Å². The van der Waals surface area contributed by atoms with Gasteiger partial charge in [-0.25, -0.2) is 14.8 Å². The molecule has 0 bridgehead atoms. The number of carbonyl (C=O) groups excluding carboxylic acids is 3. The lowest BCUT2D eigenvalue weighted by Crippen LogP contribution is -2.51. The standard InChI is InChI=1S/C43H49N7O4/c1-28(2)38(48-42(53)54-6)41(52)50-23-13-19-36(50)39-44-26-32(46-39)17-11-10-16-30-20-21-31(24-33(30)29-14-8-7-9-15-29)34-27-45-40(47-34)35-18-12-22-49(35)37(51)25-43(3,4)5/h7-9,14-15,20-21,24,26-28,35-36,38H,12-13,18-19,22-23,25H2,1-6H3,(H,44,46)(H,45,47)(H,48,53)/t35-,36-,38-/m0/s1. The van der Waals surface area contributed by atoms with Gasteiger partial charge in [0.1, 0.15) is 23.4 Å². The maximum Gasteiger partial charge on any atom is 0.407 e. The second-order valence-electron chi connectivity index (χ2n) is 15.5. The molecule has 4 heterocycles. The average molecular weight is 728 g/mol. The molecular formula is C43H49N7O4. The van der Waals surface area contributed by atoms with Gasteiger partial charge in [0.05, 0.1) is 37.3 Å². The topological polar surface area (TPSA) is 136 Å². The molecule has 11 heteroatoms. The van der Waals surface area contributed by atoms with Crippen molar-refractivity contribution in [3.8, 4) is 46.1 Å². The zero-order chi connectivity index (χ0) is 38.4. The molecule has 280 valence electrons. The average Bonchev–Trinajstić information content (AvgIpc) is 3.98. The minimum Gasteiger partial charge on any atom is -0.453 e. The van der Waals surface area contributed by atoms with Crippen LogP contribution in [-0.4, -0.2) is 73.9 Å². The number of H-pyrrole nitrogens is 2. The lowest BCUT2D eigenvalue weighted by atomic mass is 9.91. The molecule has 2 saturated heterocycles. The van der Waals surface area contributed by atoms with E-state index in [4.69, 9.17) is 9.72 Å². The maximum atomic E-state index is 13.5. The van der Waals surface area contributed by atoms with E-state index in [1.165, 1.54) is 7.11 Å². The van der Waals surface area contributed by atoms with Gasteiger partial charge in [-0.3, -0.25) is 9.59 Å². The molecule has 54 heavy (non-hydrogen) atoms. The van der Waals surface area contributed by atoms with Crippen LogP contribution in [0, 0.1) is 35.0 Å².